The van der Waals surface area contributed by atoms with Crippen molar-refractivity contribution in [1.29, 1.82) is 0 Å². The van der Waals surface area contributed by atoms with Crippen molar-refractivity contribution in [2.75, 3.05) is 7.11 Å². The minimum absolute atomic E-state index is 0.165. The van der Waals surface area contributed by atoms with Crippen LogP contribution in [0.15, 0.2) is 71.6 Å². The maximum atomic E-state index is 11.2. The van der Waals surface area contributed by atoms with Crippen LogP contribution < -0.4 is 0 Å². The topological polar surface area (TPSA) is 35.5 Å². The van der Waals surface area contributed by atoms with Gasteiger partial charge in [-0.2, -0.15) is 0 Å². The number of methoxy groups -OCH3 is 1. The molecule has 3 heteroatoms. The number of ether oxygens (including phenoxy) is 2. The van der Waals surface area contributed by atoms with E-state index < -0.39 is 6.16 Å². The summed E-state index contributed by atoms with van der Waals surface area (Å²) in [4.78, 5) is 11.2. The maximum absolute atomic E-state index is 11.2. The highest BCUT2D eigenvalue weighted by Gasteiger charge is 2.17. The second-order valence-electron chi connectivity index (χ2n) is 6.07. The van der Waals surface area contributed by atoms with Gasteiger partial charge in [0.2, 0.25) is 0 Å². The molecule has 0 spiro atoms. The summed E-state index contributed by atoms with van der Waals surface area (Å²) in [6.45, 7) is 12.3. The van der Waals surface area contributed by atoms with Crippen molar-refractivity contribution < 1.29 is 14.3 Å². The molecule has 0 aliphatic heterocycles. The van der Waals surface area contributed by atoms with E-state index in [0.717, 1.165) is 0 Å². The Morgan fingerprint density at radius 2 is 1.58 bits per heavy atom. The Kier molecular flexibility index (Phi) is 10.2. The van der Waals surface area contributed by atoms with Crippen LogP contribution in [-0.2, 0) is 9.47 Å². The van der Waals surface area contributed by atoms with Crippen LogP contribution in [0, 0.1) is 5.41 Å². The van der Waals surface area contributed by atoms with Crippen molar-refractivity contribution in [2.45, 2.75) is 41.5 Å². The Labute approximate surface area is 146 Å². The number of allylic oxidation sites excluding steroid dienone is 11. The molecule has 0 unspecified atom stereocenters. The van der Waals surface area contributed by atoms with Gasteiger partial charge in [0.1, 0.15) is 5.76 Å². The lowest BCUT2D eigenvalue weighted by molar-refractivity contribution is 0.0999. The molecule has 0 aliphatic rings. The van der Waals surface area contributed by atoms with Crippen molar-refractivity contribution in [2.24, 2.45) is 5.41 Å². The van der Waals surface area contributed by atoms with Gasteiger partial charge in [-0.1, -0.05) is 62.0 Å². The molecule has 0 bridgehead atoms. The second kappa shape index (κ2) is 11.3. The predicted molar refractivity (Wildman–Crippen MR) is 102 cm³/mol. The monoisotopic (exact) mass is 330 g/mol. The van der Waals surface area contributed by atoms with Gasteiger partial charge in [0.15, 0.2) is 0 Å². The van der Waals surface area contributed by atoms with E-state index in [0.29, 0.717) is 5.76 Å². The van der Waals surface area contributed by atoms with Gasteiger partial charge in [0, 0.05) is 5.41 Å². The minimum Gasteiger partial charge on any atom is -0.437 e. The van der Waals surface area contributed by atoms with Gasteiger partial charge in [-0.05, 0) is 45.4 Å². The third-order valence-electron chi connectivity index (χ3n) is 3.16. The van der Waals surface area contributed by atoms with Crippen molar-refractivity contribution in [3.05, 3.63) is 71.6 Å². The summed E-state index contributed by atoms with van der Waals surface area (Å²) in [5.74, 6) is 0.428. The zero-order valence-corrected chi connectivity index (χ0v) is 15.9. The SMILES string of the molecule is C\C=C/C(=C\C=C\C(C)(C)C(/C=C\C)=C/C=C(C)C)OC(=O)OC. The Morgan fingerprint density at radius 3 is 2.08 bits per heavy atom. The van der Waals surface area contributed by atoms with Gasteiger partial charge in [-0.25, -0.2) is 4.79 Å². The van der Waals surface area contributed by atoms with E-state index in [1.807, 2.05) is 26.0 Å². The fourth-order valence-electron chi connectivity index (χ4n) is 1.83. The Morgan fingerprint density at radius 1 is 0.958 bits per heavy atom. The minimum atomic E-state index is -0.731. The fourth-order valence-corrected chi connectivity index (χ4v) is 1.83. The summed E-state index contributed by atoms with van der Waals surface area (Å²) in [6, 6.07) is 0. The number of rotatable bonds is 7. The Hall–Kier alpha value is -2.29. The standard InChI is InChI=1S/C21H30O3/c1-8-11-18(15-14-17(3)4)21(5,6)16-10-13-19(12-9-2)24-20(22)23-7/h8-16H,1-7H3/b11-8-,12-9-,16-10+,18-15+,19-13+. The molecule has 0 fully saturated rings. The molecule has 0 atom stereocenters. The number of hydrogen-bond acceptors (Lipinski definition) is 3. The van der Waals surface area contributed by atoms with Crippen LogP contribution in [0.1, 0.15) is 41.5 Å². The Bertz CT molecular complexity index is 578. The third kappa shape index (κ3) is 8.99. The number of carbonyl (C=O) groups excluding carboxylic acids is 1. The van der Waals surface area contributed by atoms with Crippen LogP contribution in [-0.4, -0.2) is 13.3 Å². The molecule has 24 heavy (non-hydrogen) atoms. The van der Waals surface area contributed by atoms with Gasteiger partial charge in [0.05, 0.1) is 7.11 Å². The third-order valence-corrected chi connectivity index (χ3v) is 3.16. The normalized spacial score (nSPS) is 13.8. The molecule has 3 nitrogen and oxygen atoms in total. The summed E-state index contributed by atoms with van der Waals surface area (Å²) >= 11 is 0. The van der Waals surface area contributed by atoms with Gasteiger partial charge in [0.25, 0.3) is 0 Å². The second-order valence-corrected chi connectivity index (χ2v) is 6.07. The molecule has 0 heterocycles. The summed E-state index contributed by atoms with van der Waals surface area (Å²) < 4.78 is 9.58. The highest BCUT2D eigenvalue weighted by Crippen LogP contribution is 2.29. The molecule has 132 valence electrons. The molecule has 0 saturated carbocycles. The summed E-state index contributed by atoms with van der Waals surface area (Å²) in [5, 5.41) is 0. The highest BCUT2D eigenvalue weighted by atomic mass is 16.7. The largest absolute Gasteiger partial charge is 0.513 e. The van der Waals surface area contributed by atoms with Crippen molar-refractivity contribution in [3.63, 3.8) is 0 Å². The van der Waals surface area contributed by atoms with Gasteiger partial charge >= 0.3 is 6.16 Å². The van der Waals surface area contributed by atoms with E-state index in [1.165, 1.54) is 18.3 Å². The van der Waals surface area contributed by atoms with Crippen molar-refractivity contribution in [1.82, 2.24) is 0 Å². The average molecular weight is 330 g/mol. The first-order valence-electron chi connectivity index (χ1n) is 8.03. The zero-order chi connectivity index (χ0) is 18.6. The lowest BCUT2D eigenvalue weighted by Crippen LogP contribution is -2.09. The van der Waals surface area contributed by atoms with Crippen molar-refractivity contribution in [3.8, 4) is 0 Å². The highest BCUT2D eigenvalue weighted by molar-refractivity contribution is 5.61. The first-order chi connectivity index (χ1) is 11.3. The van der Waals surface area contributed by atoms with Crippen LogP contribution >= 0.6 is 0 Å². The molecule has 0 aromatic heterocycles. The summed E-state index contributed by atoms with van der Waals surface area (Å²) in [6.07, 6.45) is 16.8. The number of hydrogen-bond donors (Lipinski definition) is 0. The van der Waals surface area contributed by atoms with Crippen LogP contribution in [0.25, 0.3) is 0 Å². The first kappa shape index (κ1) is 21.7. The zero-order valence-electron chi connectivity index (χ0n) is 15.9. The molecule has 0 aromatic carbocycles. The van der Waals surface area contributed by atoms with Crippen LogP contribution in [0.5, 0.6) is 0 Å². The van der Waals surface area contributed by atoms with Gasteiger partial charge in [-0.15, -0.1) is 0 Å². The lowest BCUT2D eigenvalue weighted by Gasteiger charge is -2.22. The van der Waals surface area contributed by atoms with Gasteiger partial charge in [-0.3, -0.25) is 0 Å². The van der Waals surface area contributed by atoms with E-state index in [9.17, 15) is 4.79 Å². The predicted octanol–water partition coefficient (Wildman–Crippen LogP) is 6.28. The molecule has 0 amide bonds. The van der Waals surface area contributed by atoms with E-state index in [2.05, 4.69) is 56.7 Å². The molecule has 0 rings (SSSR count). The van der Waals surface area contributed by atoms with Gasteiger partial charge < -0.3 is 9.47 Å². The van der Waals surface area contributed by atoms with Crippen LogP contribution in [0.3, 0.4) is 0 Å². The first-order valence-corrected chi connectivity index (χ1v) is 8.03. The molecule has 0 aliphatic carbocycles. The summed E-state index contributed by atoms with van der Waals surface area (Å²) in [7, 11) is 1.28. The maximum Gasteiger partial charge on any atom is 0.513 e. The molecule has 0 aromatic rings. The summed E-state index contributed by atoms with van der Waals surface area (Å²) in [5.41, 5.74) is 2.28. The van der Waals surface area contributed by atoms with Crippen molar-refractivity contribution >= 4 is 6.16 Å². The molecular weight excluding hydrogens is 300 g/mol. The molecule has 0 radical (unpaired) electrons. The average Bonchev–Trinajstić information content (AvgIpc) is 2.50. The quantitative estimate of drug-likeness (QED) is 0.313. The van der Waals surface area contributed by atoms with E-state index in [4.69, 9.17) is 4.74 Å². The van der Waals surface area contributed by atoms with E-state index in [-0.39, 0.29) is 5.41 Å². The van der Waals surface area contributed by atoms with E-state index in [1.54, 1.807) is 18.2 Å². The molecular formula is C21H30O3. The van der Waals surface area contributed by atoms with Crippen LogP contribution in [0.2, 0.25) is 0 Å². The lowest BCUT2D eigenvalue weighted by atomic mass is 9.83. The van der Waals surface area contributed by atoms with E-state index >= 15 is 0 Å². The molecule has 0 N–H and O–H groups in total. The van der Waals surface area contributed by atoms with Crippen LogP contribution in [0.4, 0.5) is 4.79 Å². The Balaban J connectivity index is 5.44. The smallest absolute Gasteiger partial charge is 0.437 e. The fraction of sp³-hybridized carbons (Fsp3) is 0.381. The molecule has 0 saturated heterocycles. The number of carbonyl (C=O) groups is 1.